The highest BCUT2D eigenvalue weighted by molar-refractivity contribution is 14.1. The Bertz CT molecular complexity index is 1020. The smallest absolute Gasteiger partial charge is 0.198 e. The number of Topliss-reactive ketones (excluding diaryl/α,β-unsaturated/α-hetero) is 1. The normalized spacial score (nSPS) is 43.8. The van der Waals surface area contributed by atoms with Crippen molar-refractivity contribution in [1.82, 2.24) is 0 Å². The maximum Gasteiger partial charge on any atom is 0.198 e. The fourth-order valence-corrected chi connectivity index (χ4v) is 8.66. The van der Waals surface area contributed by atoms with Crippen molar-refractivity contribution in [3.63, 3.8) is 0 Å². The van der Waals surface area contributed by atoms with Gasteiger partial charge in [-0.25, -0.2) is 4.39 Å². The monoisotopic (exact) mass is 564 g/mol. The first-order valence-corrected chi connectivity index (χ1v) is 13.4. The molecular weight excluding hydrogens is 534 g/mol. The summed E-state index contributed by atoms with van der Waals surface area (Å²) in [6, 6.07) is 7.94. The van der Waals surface area contributed by atoms with Crippen LogP contribution < -0.4 is 0 Å². The molecule has 1 saturated heterocycles. The summed E-state index contributed by atoms with van der Waals surface area (Å²) < 4.78 is 28.1. The van der Waals surface area contributed by atoms with Gasteiger partial charge in [0.15, 0.2) is 30.1 Å². The lowest BCUT2D eigenvalue weighted by Gasteiger charge is -2.55. The molecule has 4 fully saturated rings. The number of carbonyl (C=O) groups is 2. The van der Waals surface area contributed by atoms with Gasteiger partial charge in [-0.2, -0.15) is 0 Å². The summed E-state index contributed by atoms with van der Waals surface area (Å²) in [5.41, 5.74) is 0.564. The second kappa shape index (κ2) is 7.95. The number of hydrogen-bond acceptors (Lipinski definition) is 4. The number of halogens is 2. The average Bonchev–Trinajstić information content (AvgIpc) is 3.31. The number of hydrogen-bond donors (Lipinski definition) is 0. The summed E-state index contributed by atoms with van der Waals surface area (Å²) in [7, 11) is 0. The van der Waals surface area contributed by atoms with E-state index in [2.05, 4.69) is 29.5 Å². The van der Waals surface area contributed by atoms with E-state index in [1.165, 1.54) is 5.57 Å². The first kappa shape index (κ1) is 22.4. The zero-order chi connectivity index (χ0) is 23.0. The Morgan fingerprint density at radius 2 is 1.94 bits per heavy atom. The summed E-state index contributed by atoms with van der Waals surface area (Å²) in [5.74, 6) is 1.59. The minimum atomic E-state index is -1.22. The van der Waals surface area contributed by atoms with Gasteiger partial charge in [0.25, 0.3) is 0 Å². The Morgan fingerprint density at radius 1 is 1.15 bits per heavy atom. The van der Waals surface area contributed by atoms with Crippen LogP contribution in [0.3, 0.4) is 0 Å². The van der Waals surface area contributed by atoms with Crippen LogP contribution in [0.2, 0.25) is 0 Å². The van der Waals surface area contributed by atoms with Crippen LogP contribution in [0.15, 0.2) is 35.9 Å². The number of alkyl halides is 1. The van der Waals surface area contributed by atoms with Crippen molar-refractivity contribution in [1.29, 1.82) is 0 Å². The molecule has 1 aromatic rings. The molecule has 0 spiro atoms. The van der Waals surface area contributed by atoms with Gasteiger partial charge in [0.2, 0.25) is 0 Å². The van der Waals surface area contributed by atoms with Crippen LogP contribution >= 0.6 is 22.6 Å². The quantitative estimate of drug-likeness (QED) is 0.440. The van der Waals surface area contributed by atoms with Crippen molar-refractivity contribution in [2.45, 2.75) is 69.9 Å². The first-order chi connectivity index (χ1) is 15.9. The zero-order valence-electron chi connectivity index (χ0n) is 18.9. The maximum absolute atomic E-state index is 14.0. The number of ketones is 2. The minimum absolute atomic E-state index is 0.270. The lowest BCUT2D eigenvalue weighted by atomic mass is 9.50. The van der Waals surface area contributed by atoms with Crippen molar-refractivity contribution in [2.75, 3.05) is 6.67 Å². The van der Waals surface area contributed by atoms with Gasteiger partial charge in [0.05, 0.1) is 6.10 Å². The van der Waals surface area contributed by atoms with Crippen molar-refractivity contribution in [3.8, 4) is 0 Å². The van der Waals surface area contributed by atoms with Crippen molar-refractivity contribution >= 4 is 34.2 Å². The van der Waals surface area contributed by atoms with Gasteiger partial charge >= 0.3 is 0 Å². The first-order valence-electron chi connectivity index (χ1n) is 12.3. The number of fused-ring (bicyclic) bond motifs is 7. The molecule has 0 amide bonds. The lowest BCUT2D eigenvalue weighted by molar-refractivity contribution is -0.184. The van der Waals surface area contributed by atoms with E-state index in [1.807, 2.05) is 30.3 Å². The lowest BCUT2D eigenvalue weighted by Crippen LogP contribution is -2.59. The molecule has 1 aliphatic heterocycles. The Labute approximate surface area is 207 Å². The van der Waals surface area contributed by atoms with E-state index < -0.39 is 35.9 Å². The van der Waals surface area contributed by atoms with Crippen LogP contribution in [-0.2, 0) is 19.1 Å². The number of ether oxygens (including phenoxy) is 2. The van der Waals surface area contributed by atoms with Gasteiger partial charge in [-0.05, 0) is 103 Å². The summed E-state index contributed by atoms with van der Waals surface area (Å²) in [6.07, 6.45) is 7.04. The Kier molecular flexibility index (Phi) is 5.39. The van der Waals surface area contributed by atoms with Crippen LogP contribution in [0, 0.1) is 32.7 Å². The summed E-state index contributed by atoms with van der Waals surface area (Å²) in [6.45, 7) is 1.14. The molecule has 0 unspecified atom stereocenters. The van der Waals surface area contributed by atoms with Crippen LogP contribution in [-0.4, -0.2) is 29.9 Å². The standard InChI is InChI=1S/C27H30FIO4/c1-26-11-10-20-19-9-7-18(30)12-16(19)4-8-21(20)22(26)13-24-27(26,23(31)14-28)33-25(32-24)15-2-5-17(29)6-3-15/h2-3,5-6,12,19-22,24-25H,4,7-11,13-14H2,1H3/t19-,20+,21+,22-,24+,25-,26-,27+/m0/s1. The molecule has 6 rings (SSSR count). The molecule has 0 aromatic heterocycles. The summed E-state index contributed by atoms with van der Waals surface area (Å²) in [5, 5.41) is 0. The van der Waals surface area contributed by atoms with E-state index in [9.17, 15) is 14.0 Å². The van der Waals surface area contributed by atoms with E-state index >= 15 is 0 Å². The van der Waals surface area contributed by atoms with Crippen LogP contribution in [0.25, 0.3) is 0 Å². The van der Waals surface area contributed by atoms with Gasteiger partial charge in [0.1, 0.15) is 0 Å². The second-order valence-corrected chi connectivity index (χ2v) is 12.2. The molecule has 8 atom stereocenters. The van der Waals surface area contributed by atoms with Gasteiger partial charge < -0.3 is 9.47 Å². The molecule has 1 heterocycles. The Hall–Kier alpha value is -1.12. The molecule has 176 valence electrons. The fourth-order valence-electron chi connectivity index (χ4n) is 8.30. The number of carbonyl (C=O) groups excluding carboxylic acids is 2. The topological polar surface area (TPSA) is 52.6 Å². The predicted octanol–water partition coefficient (Wildman–Crippen LogP) is 5.73. The predicted molar refractivity (Wildman–Crippen MR) is 129 cm³/mol. The molecule has 4 nitrogen and oxygen atoms in total. The van der Waals surface area contributed by atoms with Gasteiger partial charge in [-0.3, -0.25) is 9.59 Å². The third kappa shape index (κ3) is 3.12. The largest absolute Gasteiger partial charge is 0.342 e. The molecule has 1 aromatic carbocycles. The van der Waals surface area contributed by atoms with E-state index in [4.69, 9.17) is 9.47 Å². The van der Waals surface area contributed by atoms with Crippen molar-refractivity contribution in [3.05, 3.63) is 45.0 Å². The van der Waals surface area contributed by atoms with Crippen LogP contribution in [0.4, 0.5) is 4.39 Å². The van der Waals surface area contributed by atoms with E-state index in [1.54, 1.807) is 0 Å². The average molecular weight is 564 g/mol. The highest BCUT2D eigenvalue weighted by atomic mass is 127. The number of benzene rings is 1. The third-order valence-corrected chi connectivity index (χ3v) is 10.4. The molecule has 5 aliphatic rings. The number of rotatable bonds is 3. The maximum atomic E-state index is 14.0. The minimum Gasteiger partial charge on any atom is -0.342 e. The highest BCUT2D eigenvalue weighted by Crippen LogP contribution is 2.69. The third-order valence-electron chi connectivity index (χ3n) is 9.72. The molecule has 0 N–H and O–H groups in total. The molecule has 0 radical (unpaired) electrons. The SMILES string of the molecule is C[C@]12CC[C@H]3[C@@H](CCC4=CC(=O)CC[C@@H]43)[C@@H]1C[C@H]1O[C@H](c3ccc(I)cc3)O[C@]12C(=O)CF. The Morgan fingerprint density at radius 3 is 2.70 bits per heavy atom. The molecule has 6 heteroatoms. The van der Waals surface area contributed by atoms with E-state index in [0.29, 0.717) is 24.2 Å². The number of allylic oxidation sites excluding steroid dienone is 1. The summed E-state index contributed by atoms with van der Waals surface area (Å²) in [4.78, 5) is 25.3. The molecule has 4 aliphatic carbocycles. The van der Waals surface area contributed by atoms with Gasteiger partial charge in [-0.15, -0.1) is 0 Å². The van der Waals surface area contributed by atoms with Gasteiger partial charge in [-0.1, -0.05) is 24.6 Å². The zero-order valence-corrected chi connectivity index (χ0v) is 21.1. The van der Waals surface area contributed by atoms with Crippen LogP contribution in [0.1, 0.15) is 63.7 Å². The molecule has 3 saturated carbocycles. The van der Waals surface area contributed by atoms with Crippen molar-refractivity contribution in [2.24, 2.45) is 29.1 Å². The Balaban J connectivity index is 1.34. The van der Waals surface area contributed by atoms with Gasteiger partial charge in [0, 0.05) is 21.0 Å². The highest BCUT2D eigenvalue weighted by Gasteiger charge is 2.74. The van der Waals surface area contributed by atoms with Crippen LogP contribution in [0.5, 0.6) is 0 Å². The molecule has 33 heavy (non-hydrogen) atoms. The molecule has 0 bridgehead atoms. The summed E-state index contributed by atoms with van der Waals surface area (Å²) >= 11 is 2.26. The fraction of sp³-hybridized carbons (Fsp3) is 0.630. The second-order valence-electron chi connectivity index (χ2n) is 10.9. The molecular formula is C27H30FIO4. The van der Waals surface area contributed by atoms with Crippen molar-refractivity contribution < 1.29 is 23.5 Å². The van der Waals surface area contributed by atoms with E-state index in [-0.39, 0.29) is 11.7 Å². The van der Waals surface area contributed by atoms with E-state index in [0.717, 1.165) is 47.7 Å².